The van der Waals surface area contributed by atoms with Crippen molar-refractivity contribution < 1.29 is 51.0 Å². The Morgan fingerprint density at radius 1 is 0.915 bits per heavy atom. The Balaban J connectivity index is 1.65. The number of rotatable bonds is 9. The number of carbonyl (C=O) groups is 5. The third-order valence-corrected chi connectivity index (χ3v) is 7.26. The molecule has 0 aromatic heterocycles. The van der Waals surface area contributed by atoms with E-state index in [0.29, 0.717) is 5.69 Å². The predicted molar refractivity (Wildman–Crippen MR) is 162 cm³/mol. The molecule has 0 spiro atoms. The molecule has 3 rings (SSSR count). The minimum absolute atomic E-state index is 0.0255. The molecule has 3 amide bonds. The van der Waals surface area contributed by atoms with Crippen molar-refractivity contribution in [3.63, 3.8) is 0 Å². The van der Waals surface area contributed by atoms with Crippen molar-refractivity contribution >= 4 is 35.2 Å². The monoisotopic (exact) mass is 665 g/mol. The second-order valence-electron chi connectivity index (χ2n) is 13.2. The molecule has 0 bridgehead atoms. The van der Waals surface area contributed by atoms with Gasteiger partial charge in [-0.25, -0.2) is 8.78 Å². The minimum Gasteiger partial charge on any atom is -0.479 e. The van der Waals surface area contributed by atoms with Gasteiger partial charge in [0.25, 0.3) is 0 Å². The molecule has 0 unspecified atom stereocenters. The van der Waals surface area contributed by atoms with Gasteiger partial charge in [-0.3, -0.25) is 24.0 Å². The number of para-hydroxylation sites is 1. The van der Waals surface area contributed by atoms with Crippen molar-refractivity contribution in [3.05, 3.63) is 59.2 Å². The molecule has 2 aromatic rings. The Labute approximate surface area is 270 Å². The second-order valence-corrected chi connectivity index (χ2v) is 13.2. The number of ketones is 1. The molecule has 14 heteroatoms. The predicted octanol–water partition coefficient (Wildman–Crippen LogP) is 4.58. The summed E-state index contributed by atoms with van der Waals surface area (Å²) in [6.45, 7) is 9.58. The van der Waals surface area contributed by atoms with E-state index in [-0.39, 0.29) is 37.4 Å². The number of esters is 1. The van der Waals surface area contributed by atoms with Crippen LogP contribution in [0.15, 0.2) is 30.3 Å². The molecule has 47 heavy (non-hydrogen) atoms. The highest BCUT2D eigenvalue weighted by atomic mass is 19.2. The quantitative estimate of drug-likeness (QED) is 0.174. The molecular formula is C33H39F4N3O7. The number of piperidine rings is 1. The summed E-state index contributed by atoms with van der Waals surface area (Å²) in [7, 11) is 0. The van der Waals surface area contributed by atoms with E-state index in [1.807, 2.05) is 32.9 Å². The molecule has 10 nitrogen and oxygen atoms in total. The van der Waals surface area contributed by atoms with Crippen LogP contribution in [0.3, 0.4) is 0 Å². The number of benzene rings is 2. The lowest BCUT2D eigenvalue weighted by Crippen LogP contribution is -2.50. The normalized spacial score (nSPS) is 14.6. The van der Waals surface area contributed by atoms with Gasteiger partial charge in [-0.1, -0.05) is 39.0 Å². The van der Waals surface area contributed by atoms with Crippen molar-refractivity contribution in [2.24, 2.45) is 5.92 Å². The first-order valence-electron chi connectivity index (χ1n) is 15.0. The summed E-state index contributed by atoms with van der Waals surface area (Å²) in [6.07, 6.45) is -0.445. The summed E-state index contributed by atoms with van der Waals surface area (Å²) in [5, 5.41) is 5.09. The van der Waals surface area contributed by atoms with Gasteiger partial charge in [0.15, 0.2) is 23.2 Å². The number of hydrogen-bond donors (Lipinski definition) is 2. The molecule has 1 atom stereocenters. The van der Waals surface area contributed by atoms with Gasteiger partial charge in [0, 0.05) is 30.8 Å². The average Bonchev–Trinajstić information content (AvgIpc) is 2.98. The van der Waals surface area contributed by atoms with E-state index in [1.165, 1.54) is 4.90 Å². The molecule has 2 N–H and O–H groups in total. The van der Waals surface area contributed by atoms with Crippen molar-refractivity contribution in [3.8, 4) is 5.75 Å². The summed E-state index contributed by atoms with van der Waals surface area (Å²) >= 11 is 0. The summed E-state index contributed by atoms with van der Waals surface area (Å²) in [6, 6.07) is 5.51. The number of hydrogen-bond acceptors (Lipinski definition) is 7. The topological polar surface area (TPSA) is 131 Å². The summed E-state index contributed by atoms with van der Waals surface area (Å²) in [4.78, 5) is 65.7. The molecule has 1 fully saturated rings. The van der Waals surface area contributed by atoms with Crippen LogP contribution in [0.25, 0.3) is 0 Å². The summed E-state index contributed by atoms with van der Waals surface area (Å²) < 4.78 is 65.2. The standard InChI is InChI=1S/C33H39F4N3O7/c1-32(2,3)19-9-7-8-10-22(19)38-30(44)31(45)40-13-11-18(12-14-40)29(43)39-23(16-25(42)47-33(4,5)6)24(41)17-46-28-26(36)20(34)15-21(35)27(28)37/h7-10,15,18,23H,11-14,16-17H2,1-6H3,(H,38,44)(H,39,43)/t23-/m0/s1. The Hall–Kier alpha value is -4.49. The van der Waals surface area contributed by atoms with Gasteiger partial charge in [-0.2, -0.15) is 8.78 Å². The fourth-order valence-corrected chi connectivity index (χ4v) is 4.92. The SMILES string of the molecule is CC(C)(C)OC(=O)C[C@H](NC(=O)C1CCN(C(=O)C(=O)Nc2ccccc2C(C)(C)C)CC1)C(=O)COc1c(F)c(F)cc(F)c1F. The van der Waals surface area contributed by atoms with Crippen LogP contribution in [0.4, 0.5) is 23.2 Å². The highest BCUT2D eigenvalue weighted by Gasteiger charge is 2.34. The maximum Gasteiger partial charge on any atom is 0.313 e. The van der Waals surface area contributed by atoms with Crippen molar-refractivity contribution in [2.75, 3.05) is 25.0 Å². The number of Topliss-reactive ketones (excluding diaryl/α,β-unsaturated/α-hetero) is 1. The Bertz CT molecular complexity index is 1500. The third-order valence-electron chi connectivity index (χ3n) is 7.26. The Kier molecular flexibility index (Phi) is 11.8. The highest BCUT2D eigenvalue weighted by molar-refractivity contribution is 6.39. The zero-order chi connectivity index (χ0) is 35.3. The van der Waals surface area contributed by atoms with Gasteiger partial charge in [-0.05, 0) is 50.7 Å². The number of nitrogens with zero attached hydrogens (tertiary/aromatic N) is 1. The maximum absolute atomic E-state index is 14.0. The van der Waals surface area contributed by atoms with Crippen LogP contribution < -0.4 is 15.4 Å². The Morgan fingerprint density at radius 2 is 1.49 bits per heavy atom. The fraction of sp³-hybridized carbons (Fsp3) is 0.485. The van der Waals surface area contributed by atoms with E-state index in [1.54, 1.807) is 32.9 Å². The van der Waals surface area contributed by atoms with E-state index in [2.05, 4.69) is 10.6 Å². The average molecular weight is 666 g/mol. The van der Waals surface area contributed by atoms with Crippen molar-refractivity contribution in [2.45, 2.75) is 77.9 Å². The molecule has 256 valence electrons. The zero-order valence-corrected chi connectivity index (χ0v) is 27.1. The Morgan fingerprint density at radius 3 is 2.04 bits per heavy atom. The lowest BCUT2D eigenvalue weighted by Gasteiger charge is -2.32. The van der Waals surface area contributed by atoms with Crippen molar-refractivity contribution in [1.29, 1.82) is 0 Å². The molecular weight excluding hydrogens is 626 g/mol. The first-order valence-corrected chi connectivity index (χ1v) is 15.0. The fourth-order valence-electron chi connectivity index (χ4n) is 4.92. The molecule has 1 aliphatic rings. The molecule has 0 aliphatic carbocycles. The van der Waals surface area contributed by atoms with Crippen LogP contribution in [0, 0.1) is 29.2 Å². The molecule has 1 aliphatic heterocycles. The molecule has 2 aromatic carbocycles. The number of amides is 3. The van der Waals surface area contributed by atoms with Gasteiger partial charge in [0.2, 0.25) is 17.5 Å². The summed E-state index contributed by atoms with van der Waals surface area (Å²) in [5.41, 5.74) is 0.106. The summed E-state index contributed by atoms with van der Waals surface area (Å²) in [5.74, 6) is -13.6. The van der Waals surface area contributed by atoms with Crippen molar-refractivity contribution in [1.82, 2.24) is 10.2 Å². The van der Waals surface area contributed by atoms with Crippen LogP contribution in [0.2, 0.25) is 0 Å². The first kappa shape index (κ1) is 37.0. The smallest absolute Gasteiger partial charge is 0.313 e. The number of carbonyl (C=O) groups excluding carboxylic acids is 5. The van der Waals surface area contributed by atoms with Crippen LogP contribution in [-0.4, -0.2) is 65.7 Å². The van der Waals surface area contributed by atoms with Gasteiger partial charge in [-0.15, -0.1) is 0 Å². The van der Waals surface area contributed by atoms with Gasteiger partial charge in [0.05, 0.1) is 6.42 Å². The largest absolute Gasteiger partial charge is 0.479 e. The first-order chi connectivity index (χ1) is 21.8. The van der Waals surface area contributed by atoms with Crippen LogP contribution in [-0.2, 0) is 34.1 Å². The second kappa shape index (κ2) is 14.9. The van der Waals surface area contributed by atoms with Crippen LogP contribution in [0.1, 0.15) is 66.4 Å². The molecule has 0 radical (unpaired) electrons. The van der Waals surface area contributed by atoms with E-state index >= 15 is 0 Å². The maximum atomic E-state index is 14.0. The van der Waals surface area contributed by atoms with E-state index in [0.717, 1.165) is 5.56 Å². The number of halogens is 4. The minimum atomic E-state index is -1.86. The highest BCUT2D eigenvalue weighted by Crippen LogP contribution is 2.30. The van der Waals surface area contributed by atoms with E-state index in [9.17, 15) is 41.5 Å². The van der Waals surface area contributed by atoms with Gasteiger partial charge >= 0.3 is 17.8 Å². The van der Waals surface area contributed by atoms with Crippen LogP contribution in [0.5, 0.6) is 5.75 Å². The number of nitrogens with one attached hydrogen (secondary N) is 2. The zero-order valence-electron chi connectivity index (χ0n) is 27.1. The lowest BCUT2D eigenvalue weighted by molar-refractivity contribution is -0.156. The third kappa shape index (κ3) is 10.00. The number of anilines is 1. The van der Waals surface area contributed by atoms with Crippen LogP contribution >= 0.6 is 0 Å². The van der Waals surface area contributed by atoms with E-state index < -0.39 is 89.1 Å². The number of likely N-dealkylation sites (tertiary alicyclic amines) is 1. The number of ether oxygens (including phenoxy) is 2. The molecule has 0 saturated carbocycles. The van der Waals surface area contributed by atoms with E-state index in [4.69, 9.17) is 9.47 Å². The molecule has 1 heterocycles. The van der Waals surface area contributed by atoms with Gasteiger partial charge in [0.1, 0.15) is 18.2 Å². The molecule has 1 saturated heterocycles. The van der Waals surface area contributed by atoms with Gasteiger partial charge < -0.3 is 25.0 Å². The lowest BCUT2D eigenvalue weighted by atomic mass is 9.86.